The van der Waals surface area contributed by atoms with Gasteiger partial charge in [0.15, 0.2) is 0 Å². The van der Waals surface area contributed by atoms with Crippen molar-refractivity contribution < 1.29 is 21.8 Å². The van der Waals surface area contributed by atoms with Crippen LogP contribution in [0, 0.1) is 12.8 Å². The van der Waals surface area contributed by atoms with Gasteiger partial charge in [-0.2, -0.15) is 8.42 Å². The number of hydrogen-bond acceptors (Lipinski definition) is 3. The summed E-state index contributed by atoms with van der Waals surface area (Å²) in [6, 6.07) is 5.53. The number of benzene rings is 1. The summed E-state index contributed by atoms with van der Waals surface area (Å²) >= 11 is 0. The van der Waals surface area contributed by atoms with E-state index in [0.29, 0.717) is 6.42 Å². The maximum absolute atomic E-state index is 12.2. The van der Waals surface area contributed by atoms with Crippen molar-refractivity contribution in [3.63, 3.8) is 0 Å². The van der Waals surface area contributed by atoms with E-state index in [0.717, 1.165) is 12.1 Å². The van der Waals surface area contributed by atoms with Gasteiger partial charge < -0.3 is 5.32 Å². The van der Waals surface area contributed by atoms with Gasteiger partial charge in [0.05, 0.1) is 10.9 Å². The van der Waals surface area contributed by atoms with Gasteiger partial charge in [0.25, 0.3) is 16.0 Å². The van der Waals surface area contributed by atoms with E-state index >= 15 is 0 Å². The van der Waals surface area contributed by atoms with E-state index in [-0.39, 0.29) is 10.8 Å². The maximum atomic E-state index is 12.2. The molecule has 0 bridgehead atoms. The predicted molar refractivity (Wildman–Crippen MR) is 65.8 cm³/mol. The molecule has 1 aliphatic carbocycles. The van der Waals surface area contributed by atoms with Crippen molar-refractivity contribution in [2.24, 2.45) is 5.92 Å². The highest BCUT2D eigenvalue weighted by molar-refractivity contribution is 7.85. The molecule has 2 N–H and O–H groups in total. The molecule has 1 aliphatic heterocycles. The van der Waals surface area contributed by atoms with Crippen LogP contribution in [0.5, 0.6) is 0 Å². The Bertz CT molecular complexity index is 545. The number of rotatable bonds is 1. The Morgan fingerprint density at radius 3 is 2.21 bits per heavy atom. The minimum atomic E-state index is -4.02. The van der Waals surface area contributed by atoms with E-state index in [1.54, 1.807) is 12.1 Å². The lowest BCUT2D eigenvalue weighted by Gasteiger charge is -1.98. The fraction of sp³-hybridized carbons (Fsp3) is 0.500. The highest BCUT2D eigenvalue weighted by atomic mass is 32.2. The number of hydrogen-bond donors (Lipinski definition) is 2. The van der Waals surface area contributed by atoms with Crippen LogP contribution in [0.3, 0.4) is 0 Å². The second-order valence-corrected chi connectivity index (χ2v) is 6.21. The third-order valence-electron chi connectivity index (χ3n) is 3.34. The summed E-state index contributed by atoms with van der Waals surface area (Å²) in [4.78, 5) is -0.0666. The van der Waals surface area contributed by atoms with Gasteiger partial charge in [-0.1, -0.05) is 17.7 Å². The first-order valence-corrected chi connectivity index (χ1v) is 7.32. The molecule has 2 fully saturated rings. The van der Waals surface area contributed by atoms with Crippen molar-refractivity contribution in [2.45, 2.75) is 30.2 Å². The highest BCUT2D eigenvalue weighted by Gasteiger charge is 2.69. The summed E-state index contributed by atoms with van der Waals surface area (Å²) in [6.45, 7) is 2.62. The minimum Gasteiger partial charge on any atom is -0.308 e. The third kappa shape index (κ3) is 3.10. The average Bonchev–Trinajstić information content (AvgIpc) is 2.69. The minimum absolute atomic E-state index is 0.0666. The molecule has 106 valence electrons. The molecular weight excluding hydrogens is 276 g/mol. The molecular formula is C12H15F2NO3S. The first kappa shape index (κ1) is 14.4. The van der Waals surface area contributed by atoms with Crippen molar-refractivity contribution >= 4 is 10.1 Å². The monoisotopic (exact) mass is 291 g/mol. The van der Waals surface area contributed by atoms with Crippen LogP contribution < -0.4 is 5.32 Å². The molecule has 2 aliphatic rings. The first-order chi connectivity index (χ1) is 8.73. The molecule has 4 nitrogen and oxygen atoms in total. The smallest absolute Gasteiger partial charge is 0.294 e. The summed E-state index contributed by atoms with van der Waals surface area (Å²) in [5.74, 6) is -2.67. The number of fused-ring (bicyclic) bond motifs is 1. The van der Waals surface area contributed by atoms with Crippen molar-refractivity contribution in [2.75, 3.05) is 6.54 Å². The zero-order chi connectivity index (χ0) is 14.3. The molecule has 1 saturated heterocycles. The van der Waals surface area contributed by atoms with Crippen molar-refractivity contribution in [1.29, 1.82) is 0 Å². The zero-order valence-electron chi connectivity index (χ0n) is 10.3. The van der Waals surface area contributed by atoms with Crippen LogP contribution in [0.25, 0.3) is 0 Å². The van der Waals surface area contributed by atoms with Crippen LogP contribution >= 0.6 is 0 Å². The van der Waals surface area contributed by atoms with Crippen molar-refractivity contribution in [3.8, 4) is 0 Å². The molecule has 7 heteroatoms. The molecule has 1 heterocycles. The number of nitrogens with one attached hydrogen (secondary N) is 1. The Kier molecular flexibility index (Phi) is 3.63. The molecule has 19 heavy (non-hydrogen) atoms. The van der Waals surface area contributed by atoms with Crippen LogP contribution in [0.1, 0.15) is 12.0 Å². The molecule has 1 saturated carbocycles. The van der Waals surface area contributed by atoms with Crippen LogP contribution in [0.15, 0.2) is 29.2 Å². The van der Waals surface area contributed by atoms with Crippen LogP contribution in [0.2, 0.25) is 0 Å². The third-order valence-corrected chi connectivity index (χ3v) is 4.21. The van der Waals surface area contributed by atoms with Crippen LogP contribution in [-0.4, -0.2) is 31.5 Å². The molecule has 3 rings (SSSR count). The van der Waals surface area contributed by atoms with E-state index in [2.05, 4.69) is 5.32 Å². The van der Waals surface area contributed by atoms with Gasteiger partial charge in [0.1, 0.15) is 0 Å². The number of alkyl halides is 2. The standard InChI is InChI=1S/C7H8O3S.C5H7F2N/c1-6-2-4-7(5-3-6)11(8,9)10;6-5(7)3-1-2-8-4(3)5/h2-5H,1H3,(H,8,9,10);3-4,8H,1-2H2/t;3-,4+/m.1/s1. The summed E-state index contributed by atoms with van der Waals surface area (Å²) < 4.78 is 53.9. The maximum Gasteiger partial charge on any atom is 0.294 e. The number of aryl methyl sites for hydroxylation is 1. The summed E-state index contributed by atoms with van der Waals surface area (Å²) in [7, 11) is -4.02. The quantitative estimate of drug-likeness (QED) is 0.775. The molecule has 1 aromatic rings. The van der Waals surface area contributed by atoms with E-state index in [9.17, 15) is 17.2 Å². The number of halogens is 2. The lowest BCUT2D eigenvalue weighted by Crippen LogP contribution is -2.20. The van der Waals surface area contributed by atoms with Crippen molar-refractivity contribution in [3.05, 3.63) is 29.8 Å². The zero-order valence-corrected chi connectivity index (χ0v) is 11.1. The van der Waals surface area contributed by atoms with Crippen LogP contribution in [-0.2, 0) is 10.1 Å². The molecule has 0 aromatic heterocycles. The molecule has 1 aromatic carbocycles. The van der Waals surface area contributed by atoms with Gasteiger partial charge in [-0.05, 0) is 32.0 Å². The summed E-state index contributed by atoms with van der Waals surface area (Å²) in [5.41, 5.74) is 0.956. The van der Waals surface area contributed by atoms with E-state index in [4.69, 9.17) is 4.55 Å². The van der Waals surface area contributed by atoms with Gasteiger partial charge >= 0.3 is 0 Å². The highest BCUT2D eigenvalue weighted by Crippen LogP contribution is 2.53. The molecule has 0 amide bonds. The summed E-state index contributed by atoms with van der Waals surface area (Å²) in [6.07, 6.45) is 0.664. The second-order valence-electron chi connectivity index (χ2n) is 4.79. The molecule has 0 radical (unpaired) electrons. The Labute approximate surface area is 110 Å². The van der Waals surface area contributed by atoms with Gasteiger partial charge in [-0.15, -0.1) is 0 Å². The van der Waals surface area contributed by atoms with Crippen LogP contribution in [0.4, 0.5) is 8.78 Å². The molecule has 0 unspecified atom stereocenters. The Morgan fingerprint density at radius 1 is 1.32 bits per heavy atom. The van der Waals surface area contributed by atoms with Crippen molar-refractivity contribution in [1.82, 2.24) is 5.32 Å². The average molecular weight is 291 g/mol. The lowest BCUT2D eigenvalue weighted by atomic mass is 10.2. The second kappa shape index (κ2) is 4.81. The fourth-order valence-electron chi connectivity index (χ4n) is 2.13. The Morgan fingerprint density at radius 2 is 1.89 bits per heavy atom. The first-order valence-electron chi connectivity index (χ1n) is 5.88. The fourth-order valence-corrected chi connectivity index (χ4v) is 2.61. The Hall–Kier alpha value is -1.05. The van der Waals surface area contributed by atoms with Gasteiger partial charge in [-0.3, -0.25) is 4.55 Å². The number of piperidine rings is 1. The van der Waals surface area contributed by atoms with Gasteiger partial charge in [0, 0.05) is 5.92 Å². The van der Waals surface area contributed by atoms with E-state index in [1.807, 2.05) is 6.92 Å². The van der Waals surface area contributed by atoms with E-state index < -0.39 is 22.1 Å². The van der Waals surface area contributed by atoms with Gasteiger partial charge in [-0.25, -0.2) is 8.78 Å². The normalized spacial score (nSPS) is 27.2. The largest absolute Gasteiger partial charge is 0.308 e. The lowest BCUT2D eigenvalue weighted by molar-refractivity contribution is 0.0805. The predicted octanol–water partition coefficient (Wildman–Crippen LogP) is 1.86. The molecule has 0 spiro atoms. The molecule has 2 atom stereocenters. The Balaban J connectivity index is 0.000000146. The summed E-state index contributed by atoms with van der Waals surface area (Å²) in [5, 5.41) is 2.73. The van der Waals surface area contributed by atoms with Gasteiger partial charge in [0.2, 0.25) is 0 Å². The topological polar surface area (TPSA) is 66.4 Å². The van der Waals surface area contributed by atoms with E-state index in [1.165, 1.54) is 12.1 Å². The SMILES string of the molecule is Cc1ccc(S(=O)(=O)O)cc1.FC1(F)[C@@H]2CCN[C@@H]21.